The zero-order valence-electron chi connectivity index (χ0n) is 7.79. The first-order valence-corrected chi connectivity index (χ1v) is 4.51. The number of fused-ring (bicyclic) bond motifs is 3. The van der Waals surface area contributed by atoms with Crippen molar-refractivity contribution in [2.24, 2.45) is 0 Å². The second-order valence-corrected chi connectivity index (χ2v) is 3.30. The van der Waals surface area contributed by atoms with Crippen molar-refractivity contribution in [3.05, 3.63) is 47.0 Å². The van der Waals surface area contributed by atoms with Crippen LogP contribution in [0.3, 0.4) is 0 Å². The zero-order chi connectivity index (χ0) is 10.4. The highest BCUT2D eigenvalue weighted by Crippen LogP contribution is 2.11. The van der Waals surface area contributed by atoms with Crippen LogP contribution in [-0.2, 0) is 0 Å². The van der Waals surface area contributed by atoms with Crippen LogP contribution in [0.25, 0.3) is 16.7 Å². The second-order valence-electron chi connectivity index (χ2n) is 3.30. The van der Waals surface area contributed by atoms with Gasteiger partial charge in [-0.25, -0.2) is 9.66 Å². The summed E-state index contributed by atoms with van der Waals surface area (Å²) in [6.45, 7) is 0. The minimum Gasteiger partial charge on any atom is -0.336 e. The fourth-order valence-electron chi connectivity index (χ4n) is 1.68. The van der Waals surface area contributed by atoms with Crippen molar-refractivity contribution in [3.63, 3.8) is 0 Å². The maximum atomic E-state index is 11.8. The summed E-state index contributed by atoms with van der Waals surface area (Å²) in [7, 11) is 0. The van der Waals surface area contributed by atoms with Crippen LogP contribution in [0.4, 0.5) is 0 Å². The van der Waals surface area contributed by atoms with Crippen LogP contribution in [0.5, 0.6) is 0 Å². The smallest absolute Gasteiger partial charge is 0.295 e. The summed E-state index contributed by atoms with van der Waals surface area (Å²) in [5.74, 6) is 5.50. The van der Waals surface area contributed by atoms with Gasteiger partial charge in [-0.3, -0.25) is 9.20 Å². The number of nitrogen functional groups attached to an aromatic ring is 1. The number of nitrogens with zero attached hydrogens (tertiary/aromatic N) is 3. The van der Waals surface area contributed by atoms with Gasteiger partial charge in [0.15, 0.2) is 0 Å². The molecule has 0 aliphatic rings. The molecule has 0 amide bonds. The van der Waals surface area contributed by atoms with Crippen LogP contribution < -0.4 is 11.4 Å². The molecular formula is C10H8N4O. The molecule has 5 nitrogen and oxygen atoms in total. The van der Waals surface area contributed by atoms with Gasteiger partial charge in [-0.05, 0) is 18.2 Å². The number of hydrogen-bond donors (Lipinski definition) is 1. The Bertz CT molecular complexity index is 710. The highest BCUT2D eigenvalue weighted by Gasteiger charge is 2.07. The van der Waals surface area contributed by atoms with Crippen LogP contribution in [-0.4, -0.2) is 14.1 Å². The Hall–Kier alpha value is -2.30. The lowest BCUT2D eigenvalue weighted by atomic mass is 10.4. The molecule has 0 unspecified atom stereocenters. The maximum Gasteiger partial charge on any atom is 0.295 e. The number of hydrogen-bond acceptors (Lipinski definition) is 3. The molecule has 2 N–H and O–H groups in total. The topological polar surface area (TPSA) is 65.3 Å². The molecule has 0 spiro atoms. The lowest BCUT2D eigenvalue weighted by Crippen LogP contribution is -2.26. The van der Waals surface area contributed by atoms with E-state index in [2.05, 4.69) is 4.98 Å². The minimum atomic E-state index is -0.244. The lowest BCUT2D eigenvalue weighted by molar-refractivity contribution is 0.944. The van der Waals surface area contributed by atoms with Gasteiger partial charge in [0, 0.05) is 12.4 Å². The van der Waals surface area contributed by atoms with E-state index in [1.165, 1.54) is 6.20 Å². The Kier molecular flexibility index (Phi) is 1.39. The van der Waals surface area contributed by atoms with Gasteiger partial charge < -0.3 is 5.84 Å². The van der Waals surface area contributed by atoms with E-state index in [1.54, 1.807) is 16.7 Å². The summed E-state index contributed by atoms with van der Waals surface area (Å²) in [5.41, 5.74) is 1.67. The maximum absolute atomic E-state index is 11.8. The third-order valence-electron chi connectivity index (χ3n) is 2.39. The first-order valence-electron chi connectivity index (χ1n) is 4.51. The molecule has 3 heterocycles. The first kappa shape index (κ1) is 8.05. The SMILES string of the molecule is Nn1ccc2nc3ccccn3c2c1=O. The molecule has 0 fully saturated rings. The molecule has 0 saturated carbocycles. The van der Waals surface area contributed by atoms with E-state index >= 15 is 0 Å². The Balaban J connectivity index is 2.69. The summed E-state index contributed by atoms with van der Waals surface area (Å²) < 4.78 is 2.80. The van der Waals surface area contributed by atoms with Crippen molar-refractivity contribution in [3.8, 4) is 0 Å². The van der Waals surface area contributed by atoms with Crippen LogP contribution in [0.15, 0.2) is 41.5 Å². The molecule has 3 rings (SSSR count). The second kappa shape index (κ2) is 2.60. The van der Waals surface area contributed by atoms with E-state index in [9.17, 15) is 4.79 Å². The Morgan fingerprint density at radius 2 is 2.07 bits per heavy atom. The van der Waals surface area contributed by atoms with Crippen molar-refractivity contribution in [2.75, 3.05) is 5.84 Å². The third-order valence-corrected chi connectivity index (χ3v) is 2.39. The zero-order valence-corrected chi connectivity index (χ0v) is 7.79. The molecule has 5 heteroatoms. The fourth-order valence-corrected chi connectivity index (χ4v) is 1.68. The summed E-state index contributed by atoms with van der Waals surface area (Å²) in [6.07, 6.45) is 3.31. The van der Waals surface area contributed by atoms with E-state index in [1.807, 2.05) is 18.2 Å². The van der Waals surface area contributed by atoms with Gasteiger partial charge in [0.1, 0.15) is 11.2 Å². The predicted octanol–water partition coefficient (Wildman–Crippen LogP) is 0.363. The fraction of sp³-hybridized carbons (Fsp3) is 0. The molecule has 0 atom stereocenters. The molecule has 3 aromatic rings. The Morgan fingerprint density at radius 1 is 1.20 bits per heavy atom. The Labute approximate surface area is 84.4 Å². The number of rotatable bonds is 0. The molecule has 0 radical (unpaired) electrons. The van der Waals surface area contributed by atoms with Gasteiger partial charge >= 0.3 is 0 Å². The van der Waals surface area contributed by atoms with Gasteiger partial charge in [-0.2, -0.15) is 0 Å². The Morgan fingerprint density at radius 3 is 2.93 bits per heavy atom. The van der Waals surface area contributed by atoms with Crippen LogP contribution in [0, 0.1) is 0 Å². The molecule has 0 aromatic carbocycles. The summed E-state index contributed by atoms with van der Waals surface area (Å²) in [5, 5.41) is 0. The average Bonchev–Trinajstić information content (AvgIpc) is 2.62. The largest absolute Gasteiger partial charge is 0.336 e. The highest BCUT2D eigenvalue weighted by atomic mass is 16.1. The van der Waals surface area contributed by atoms with E-state index in [-0.39, 0.29) is 5.56 Å². The van der Waals surface area contributed by atoms with Gasteiger partial charge in [0.2, 0.25) is 0 Å². The molecule has 3 aromatic heterocycles. The normalized spacial score (nSPS) is 11.2. The van der Waals surface area contributed by atoms with Crippen LogP contribution in [0.1, 0.15) is 0 Å². The van der Waals surface area contributed by atoms with Crippen LogP contribution in [0.2, 0.25) is 0 Å². The van der Waals surface area contributed by atoms with Crippen molar-refractivity contribution in [1.82, 2.24) is 14.1 Å². The minimum absolute atomic E-state index is 0.244. The molecule has 15 heavy (non-hydrogen) atoms. The van der Waals surface area contributed by atoms with E-state index in [0.29, 0.717) is 11.0 Å². The van der Waals surface area contributed by atoms with Gasteiger partial charge in [0.05, 0.1) is 5.52 Å². The highest BCUT2D eigenvalue weighted by molar-refractivity contribution is 5.79. The van der Waals surface area contributed by atoms with E-state index in [0.717, 1.165) is 10.3 Å². The van der Waals surface area contributed by atoms with Gasteiger partial charge in [-0.1, -0.05) is 6.07 Å². The average molecular weight is 200 g/mol. The molecule has 0 aliphatic heterocycles. The molecule has 74 valence electrons. The third kappa shape index (κ3) is 0.969. The number of aromatic nitrogens is 3. The van der Waals surface area contributed by atoms with Crippen molar-refractivity contribution < 1.29 is 0 Å². The molecule has 0 saturated heterocycles. The number of pyridine rings is 2. The first-order chi connectivity index (χ1) is 7.27. The number of nitrogens with two attached hydrogens (primary N) is 1. The van der Waals surface area contributed by atoms with Crippen LogP contribution >= 0.6 is 0 Å². The quantitative estimate of drug-likeness (QED) is 0.533. The van der Waals surface area contributed by atoms with E-state index < -0.39 is 0 Å². The summed E-state index contributed by atoms with van der Waals surface area (Å²) in [6, 6.07) is 7.30. The van der Waals surface area contributed by atoms with Crippen molar-refractivity contribution in [1.29, 1.82) is 0 Å². The van der Waals surface area contributed by atoms with Crippen molar-refractivity contribution >= 4 is 16.7 Å². The standard InChI is InChI=1S/C10H8N4O/c11-14-6-4-7-9(10(14)15)13-5-2-1-3-8(13)12-7/h1-6H,11H2. The number of imidazole rings is 1. The van der Waals surface area contributed by atoms with Gasteiger partial charge in [-0.15, -0.1) is 0 Å². The summed E-state index contributed by atoms with van der Waals surface area (Å²) >= 11 is 0. The summed E-state index contributed by atoms with van der Waals surface area (Å²) in [4.78, 5) is 16.1. The monoisotopic (exact) mass is 200 g/mol. The predicted molar refractivity (Wildman–Crippen MR) is 57.1 cm³/mol. The molecular weight excluding hydrogens is 192 g/mol. The van der Waals surface area contributed by atoms with E-state index in [4.69, 9.17) is 5.84 Å². The van der Waals surface area contributed by atoms with Crippen molar-refractivity contribution in [2.45, 2.75) is 0 Å². The lowest BCUT2D eigenvalue weighted by Gasteiger charge is -1.96. The molecule has 0 aliphatic carbocycles. The van der Waals surface area contributed by atoms with Gasteiger partial charge in [0.25, 0.3) is 5.56 Å². The molecule has 0 bridgehead atoms.